The van der Waals surface area contributed by atoms with Crippen LogP contribution in [-0.2, 0) is 18.4 Å². The van der Waals surface area contributed by atoms with E-state index in [9.17, 15) is 9.36 Å². The van der Waals surface area contributed by atoms with Gasteiger partial charge in [0.2, 0.25) is 0 Å². The number of alkyl halides is 1. The molecule has 0 fully saturated rings. The van der Waals surface area contributed by atoms with Crippen molar-refractivity contribution in [2.24, 2.45) is 0 Å². The summed E-state index contributed by atoms with van der Waals surface area (Å²) >= 11 is 5.62. The minimum atomic E-state index is -3.45. The van der Waals surface area contributed by atoms with Gasteiger partial charge in [-0.05, 0) is 20.8 Å². The summed E-state index contributed by atoms with van der Waals surface area (Å²) in [6.45, 7) is 4.98. The van der Waals surface area contributed by atoms with E-state index < -0.39 is 18.5 Å². The summed E-state index contributed by atoms with van der Waals surface area (Å²) in [6, 6.07) is 0. The van der Waals surface area contributed by atoms with Gasteiger partial charge in [0.15, 0.2) is 10.9 Å². The number of carbonyl (C=O) groups is 1. The van der Waals surface area contributed by atoms with E-state index in [-0.39, 0.29) is 13.2 Å². The molecule has 0 heterocycles. The van der Waals surface area contributed by atoms with Gasteiger partial charge in [-0.15, -0.1) is 11.6 Å². The van der Waals surface area contributed by atoms with Gasteiger partial charge in [-0.25, -0.2) is 0 Å². The van der Waals surface area contributed by atoms with Crippen molar-refractivity contribution in [3.63, 3.8) is 0 Å². The number of carbonyl (C=O) groups excluding carboxylic acids is 1. The third-order valence-corrected chi connectivity index (χ3v) is 4.41. The highest BCUT2D eigenvalue weighted by molar-refractivity contribution is 7.57. The van der Waals surface area contributed by atoms with Gasteiger partial charge in [-0.3, -0.25) is 9.36 Å². The Morgan fingerprint density at radius 2 is 1.77 bits per heavy atom. The number of hydrogen-bond donors (Lipinski definition) is 0. The Morgan fingerprint density at radius 3 is 2.00 bits per heavy atom. The monoisotopic (exact) mass is 228 g/mol. The minimum absolute atomic E-state index is 0.202. The Hall–Kier alpha value is 0.110. The summed E-state index contributed by atoms with van der Waals surface area (Å²) < 4.78 is 21.5. The first-order valence-electron chi connectivity index (χ1n) is 4.01. The predicted octanol–water partition coefficient (Wildman–Crippen LogP) is 2.41. The lowest BCUT2D eigenvalue weighted by molar-refractivity contribution is -0.115. The van der Waals surface area contributed by atoms with Gasteiger partial charge in [0.1, 0.15) is 0 Å². The van der Waals surface area contributed by atoms with Crippen LogP contribution in [0.25, 0.3) is 0 Å². The van der Waals surface area contributed by atoms with Crippen LogP contribution in [-0.4, -0.2) is 24.1 Å². The number of rotatable bonds is 6. The average molecular weight is 229 g/mol. The van der Waals surface area contributed by atoms with Crippen LogP contribution in [0, 0.1) is 0 Å². The molecule has 78 valence electrons. The molecule has 0 rings (SSSR count). The molecule has 0 bridgehead atoms. The molecule has 0 aromatic carbocycles. The van der Waals surface area contributed by atoms with Gasteiger partial charge in [-0.2, -0.15) is 0 Å². The molecule has 13 heavy (non-hydrogen) atoms. The summed E-state index contributed by atoms with van der Waals surface area (Å²) in [5, 5.41) is -1.20. The summed E-state index contributed by atoms with van der Waals surface area (Å²) in [5.74, 6) is -0.410. The molecule has 0 amide bonds. The van der Waals surface area contributed by atoms with E-state index in [0.29, 0.717) is 0 Å². The Morgan fingerprint density at radius 1 is 1.38 bits per heavy atom. The fraction of sp³-hybridized carbons (Fsp3) is 0.857. The molecule has 1 unspecified atom stereocenters. The zero-order valence-electron chi connectivity index (χ0n) is 7.95. The van der Waals surface area contributed by atoms with Gasteiger partial charge < -0.3 is 9.05 Å². The first-order valence-corrected chi connectivity index (χ1v) is 6.06. The van der Waals surface area contributed by atoms with E-state index in [1.54, 1.807) is 13.8 Å². The van der Waals surface area contributed by atoms with E-state index in [1.165, 1.54) is 6.92 Å². The van der Waals surface area contributed by atoms with Crippen LogP contribution < -0.4 is 0 Å². The second-order valence-electron chi connectivity index (χ2n) is 2.32. The lowest BCUT2D eigenvalue weighted by atomic mass is 10.5. The van der Waals surface area contributed by atoms with E-state index in [1.807, 2.05) is 0 Å². The highest BCUT2D eigenvalue weighted by Crippen LogP contribution is 2.54. The molecule has 0 radical (unpaired) electrons. The van der Waals surface area contributed by atoms with Crippen LogP contribution in [0.4, 0.5) is 0 Å². The van der Waals surface area contributed by atoms with Gasteiger partial charge in [0.05, 0.1) is 13.2 Å². The minimum Gasteiger partial charge on any atom is -0.308 e. The zero-order valence-corrected chi connectivity index (χ0v) is 9.60. The van der Waals surface area contributed by atoms with Gasteiger partial charge in [0, 0.05) is 0 Å². The number of hydrogen-bond acceptors (Lipinski definition) is 4. The van der Waals surface area contributed by atoms with Crippen LogP contribution >= 0.6 is 19.2 Å². The first kappa shape index (κ1) is 13.1. The third kappa shape index (κ3) is 3.77. The van der Waals surface area contributed by atoms with E-state index in [4.69, 9.17) is 20.6 Å². The van der Waals surface area contributed by atoms with Crippen LogP contribution in [0.15, 0.2) is 0 Å². The van der Waals surface area contributed by atoms with Crippen LogP contribution in [0.2, 0.25) is 0 Å². The second kappa shape index (κ2) is 5.76. The van der Waals surface area contributed by atoms with Crippen molar-refractivity contribution in [3.05, 3.63) is 0 Å². The maximum Gasteiger partial charge on any atom is 0.355 e. The lowest BCUT2D eigenvalue weighted by Gasteiger charge is -2.19. The highest BCUT2D eigenvalue weighted by atomic mass is 35.5. The standard InChI is InChI=1S/C7H14ClO4P/c1-4-11-13(10,12-5-2)7(8)6(3)9/h7H,4-5H2,1-3H3. The lowest BCUT2D eigenvalue weighted by Crippen LogP contribution is -2.15. The van der Waals surface area contributed by atoms with Gasteiger partial charge in [0.25, 0.3) is 0 Å². The van der Waals surface area contributed by atoms with Crippen LogP contribution in [0.3, 0.4) is 0 Å². The van der Waals surface area contributed by atoms with Gasteiger partial charge >= 0.3 is 7.60 Å². The fourth-order valence-electron chi connectivity index (χ4n) is 0.751. The third-order valence-electron chi connectivity index (χ3n) is 1.23. The fourth-order valence-corrected chi connectivity index (χ4v) is 2.59. The SMILES string of the molecule is CCOP(=O)(OCC)C(Cl)C(C)=O. The van der Waals surface area contributed by atoms with E-state index >= 15 is 0 Å². The average Bonchev–Trinajstić information content (AvgIpc) is 2.03. The molecular formula is C7H14ClO4P. The number of Topliss-reactive ketones (excluding diaryl/α,β-unsaturated/α-hetero) is 1. The molecule has 0 aromatic rings. The molecule has 4 nitrogen and oxygen atoms in total. The predicted molar refractivity (Wildman–Crippen MR) is 51.2 cm³/mol. The Labute approximate surface area is 83.1 Å². The molecule has 6 heteroatoms. The summed E-state index contributed by atoms with van der Waals surface area (Å²) in [7, 11) is -3.45. The summed E-state index contributed by atoms with van der Waals surface area (Å²) in [6.07, 6.45) is 0. The molecule has 0 N–H and O–H groups in total. The topological polar surface area (TPSA) is 52.6 Å². The highest BCUT2D eigenvalue weighted by Gasteiger charge is 2.37. The molecule has 0 saturated carbocycles. The van der Waals surface area contributed by atoms with Crippen LogP contribution in [0.1, 0.15) is 20.8 Å². The van der Waals surface area contributed by atoms with Crippen molar-refractivity contribution in [2.75, 3.05) is 13.2 Å². The van der Waals surface area contributed by atoms with Crippen molar-refractivity contribution < 1.29 is 18.4 Å². The largest absolute Gasteiger partial charge is 0.355 e. The number of halogens is 1. The molecule has 1 atom stereocenters. The maximum atomic E-state index is 11.8. The molecule has 0 aliphatic heterocycles. The normalized spacial score (nSPS) is 14.2. The van der Waals surface area contributed by atoms with Crippen LogP contribution in [0.5, 0.6) is 0 Å². The van der Waals surface area contributed by atoms with E-state index in [0.717, 1.165) is 0 Å². The Bertz CT molecular complexity index is 209. The molecule has 0 spiro atoms. The molecule has 0 aliphatic carbocycles. The molecule has 0 aromatic heterocycles. The molecule has 0 aliphatic rings. The maximum absolute atomic E-state index is 11.8. The Balaban J connectivity index is 4.57. The van der Waals surface area contributed by atoms with Crippen molar-refractivity contribution in [1.29, 1.82) is 0 Å². The molecular weight excluding hydrogens is 214 g/mol. The van der Waals surface area contributed by atoms with Crippen molar-refractivity contribution in [2.45, 2.75) is 25.9 Å². The Kier molecular flexibility index (Phi) is 5.81. The van der Waals surface area contributed by atoms with E-state index in [2.05, 4.69) is 0 Å². The smallest absolute Gasteiger partial charge is 0.308 e. The molecule has 0 saturated heterocycles. The summed E-state index contributed by atoms with van der Waals surface area (Å²) in [5.41, 5.74) is 0. The quantitative estimate of drug-likeness (QED) is 0.517. The zero-order chi connectivity index (χ0) is 10.5. The summed E-state index contributed by atoms with van der Waals surface area (Å²) in [4.78, 5) is 10.9. The number of ketones is 1. The van der Waals surface area contributed by atoms with Crippen molar-refractivity contribution in [1.82, 2.24) is 0 Å². The van der Waals surface area contributed by atoms with Gasteiger partial charge in [-0.1, -0.05) is 0 Å². The van der Waals surface area contributed by atoms with Crippen molar-refractivity contribution >= 4 is 25.0 Å². The first-order chi connectivity index (χ1) is 5.98. The second-order valence-corrected chi connectivity index (χ2v) is 5.18. The van der Waals surface area contributed by atoms with Crippen molar-refractivity contribution in [3.8, 4) is 0 Å².